The summed E-state index contributed by atoms with van der Waals surface area (Å²) in [5.74, 6) is 0.674. The van der Waals surface area contributed by atoms with E-state index in [1.54, 1.807) is 6.07 Å². The van der Waals surface area contributed by atoms with Gasteiger partial charge in [-0.25, -0.2) is 0 Å². The minimum Gasteiger partial charge on any atom is -0.507 e. The molecule has 0 aliphatic heterocycles. The molecule has 0 unspecified atom stereocenters. The van der Waals surface area contributed by atoms with E-state index in [1.165, 1.54) is 12.1 Å². The monoisotopic (exact) mass is 458 g/mol. The molecule has 0 saturated carbocycles. The second-order valence-corrected chi connectivity index (χ2v) is 9.82. The van der Waals surface area contributed by atoms with Crippen molar-refractivity contribution in [2.24, 2.45) is 0 Å². The summed E-state index contributed by atoms with van der Waals surface area (Å²) in [6.45, 7) is 7.70. The first-order valence-corrected chi connectivity index (χ1v) is 12.9. The van der Waals surface area contributed by atoms with E-state index in [2.05, 4.69) is 0 Å². The zero-order valence-corrected chi connectivity index (χ0v) is 19.8. The lowest BCUT2D eigenvalue weighted by Gasteiger charge is -2.28. The van der Waals surface area contributed by atoms with Gasteiger partial charge in [-0.05, 0) is 27.2 Å². The van der Waals surface area contributed by atoms with E-state index in [0.29, 0.717) is 50.4 Å². The molecule has 1 N–H and O–H groups in total. The van der Waals surface area contributed by atoms with Crippen molar-refractivity contribution in [3.05, 3.63) is 58.8 Å². The Bertz CT molecular complexity index is 1050. The van der Waals surface area contributed by atoms with Crippen molar-refractivity contribution >= 4 is 19.8 Å². The Hall–Kier alpha value is -2.65. The molecule has 8 heteroatoms. The maximum Gasteiger partial charge on any atom is 0.501 e. The summed E-state index contributed by atoms with van der Waals surface area (Å²) in [6, 6.07) is 14.4. The average Bonchev–Trinajstić information content (AvgIpc) is 2.77. The van der Waals surface area contributed by atoms with Crippen molar-refractivity contribution < 1.29 is 27.5 Å². The van der Waals surface area contributed by atoms with Crippen LogP contribution in [0.25, 0.3) is 22.3 Å². The van der Waals surface area contributed by atoms with Gasteiger partial charge in [0.1, 0.15) is 28.2 Å². The van der Waals surface area contributed by atoms with Crippen molar-refractivity contribution in [2.45, 2.75) is 33.2 Å². The maximum atomic E-state index is 12.6. The van der Waals surface area contributed by atoms with E-state index in [1.807, 2.05) is 51.1 Å². The number of benzene rings is 2. The number of hydrogen-bond acceptors (Lipinski definition) is 7. The van der Waals surface area contributed by atoms with Crippen LogP contribution in [0.5, 0.6) is 11.5 Å². The van der Waals surface area contributed by atoms with E-state index in [0.717, 1.165) is 5.56 Å². The Morgan fingerprint density at radius 1 is 0.938 bits per heavy atom. The molecule has 0 spiro atoms. The first kappa shape index (κ1) is 24.0. The van der Waals surface area contributed by atoms with E-state index in [4.69, 9.17) is 22.4 Å². The molecule has 0 saturated heterocycles. The van der Waals surface area contributed by atoms with Crippen LogP contribution in [0, 0.1) is 0 Å². The van der Waals surface area contributed by atoms with Crippen LogP contribution in [0.15, 0.2) is 57.7 Å². The van der Waals surface area contributed by atoms with Gasteiger partial charge in [-0.3, -0.25) is 4.79 Å². The highest BCUT2D eigenvalue weighted by Crippen LogP contribution is 2.31. The topological polar surface area (TPSA) is 87.4 Å². The average molecular weight is 459 g/mol. The molecule has 0 fully saturated rings. The first-order chi connectivity index (χ1) is 15.5. The second-order valence-electron chi connectivity index (χ2n) is 7.09. The van der Waals surface area contributed by atoms with Crippen molar-refractivity contribution in [3.63, 3.8) is 0 Å². The molecule has 0 radical (unpaired) electrons. The van der Waals surface area contributed by atoms with Crippen LogP contribution in [-0.4, -0.2) is 40.3 Å². The summed E-state index contributed by atoms with van der Waals surface area (Å²) in [7, 11) is -2.73. The minimum atomic E-state index is -2.73. The highest BCUT2D eigenvalue weighted by molar-refractivity contribution is 6.60. The standard InChI is InChI=1S/C24H30O7Si/c1-4-28-32(29-5-2,30-6-3)14-10-13-27-19-15-20(25)24-21(26)17-22(31-23(24)16-19)18-11-8-7-9-12-18/h7-9,11-12,15-17,25H,4-6,10,13-14H2,1-3H3. The molecule has 1 aromatic heterocycles. The van der Waals surface area contributed by atoms with Crippen molar-refractivity contribution in [1.29, 1.82) is 0 Å². The lowest BCUT2D eigenvalue weighted by molar-refractivity contribution is 0.0696. The van der Waals surface area contributed by atoms with Crippen molar-refractivity contribution in [1.82, 2.24) is 0 Å². The zero-order chi connectivity index (χ0) is 23.0. The van der Waals surface area contributed by atoms with E-state index in [-0.39, 0.29) is 22.1 Å². The molecule has 3 rings (SSSR count). The highest BCUT2D eigenvalue weighted by atomic mass is 28.4. The molecular formula is C24H30O7Si. The molecule has 3 aromatic rings. The van der Waals surface area contributed by atoms with Crippen LogP contribution < -0.4 is 10.2 Å². The first-order valence-electron chi connectivity index (χ1n) is 10.9. The molecule has 0 aliphatic rings. The quantitative estimate of drug-likeness (QED) is 0.302. The zero-order valence-electron chi connectivity index (χ0n) is 18.8. The predicted molar refractivity (Wildman–Crippen MR) is 125 cm³/mol. The fourth-order valence-corrected chi connectivity index (χ4v) is 6.13. The Balaban J connectivity index is 1.75. The fraction of sp³-hybridized carbons (Fsp3) is 0.375. The summed E-state index contributed by atoms with van der Waals surface area (Å²) < 4.78 is 29.3. The van der Waals surface area contributed by atoms with Crippen LogP contribution in [0.3, 0.4) is 0 Å². The number of hydrogen-bond donors (Lipinski definition) is 1. The third kappa shape index (κ3) is 5.77. The largest absolute Gasteiger partial charge is 0.507 e. The van der Waals surface area contributed by atoms with Gasteiger partial charge in [-0.2, -0.15) is 0 Å². The number of phenols is 1. The van der Waals surface area contributed by atoms with Gasteiger partial charge in [0, 0.05) is 49.6 Å². The molecule has 32 heavy (non-hydrogen) atoms. The van der Waals surface area contributed by atoms with Gasteiger partial charge in [0.15, 0.2) is 5.43 Å². The number of aromatic hydroxyl groups is 1. The third-order valence-electron chi connectivity index (χ3n) is 4.83. The number of ether oxygens (including phenoxy) is 1. The van der Waals surface area contributed by atoms with Crippen LogP contribution >= 0.6 is 0 Å². The van der Waals surface area contributed by atoms with Gasteiger partial charge in [-0.1, -0.05) is 30.3 Å². The highest BCUT2D eigenvalue weighted by Gasteiger charge is 2.39. The van der Waals surface area contributed by atoms with E-state index in [9.17, 15) is 9.90 Å². The van der Waals surface area contributed by atoms with Gasteiger partial charge >= 0.3 is 8.80 Å². The van der Waals surface area contributed by atoms with Gasteiger partial charge in [0.25, 0.3) is 0 Å². The lowest BCUT2D eigenvalue weighted by atomic mass is 10.1. The molecule has 0 aliphatic carbocycles. The molecular weight excluding hydrogens is 428 g/mol. The number of fused-ring (bicyclic) bond motifs is 1. The Morgan fingerprint density at radius 3 is 2.22 bits per heavy atom. The Labute approximate surface area is 188 Å². The molecule has 2 aromatic carbocycles. The summed E-state index contributed by atoms with van der Waals surface area (Å²) >= 11 is 0. The third-order valence-corrected chi connectivity index (χ3v) is 7.98. The summed E-state index contributed by atoms with van der Waals surface area (Å²) in [5.41, 5.74) is 0.740. The lowest BCUT2D eigenvalue weighted by Crippen LogP contribution is -2.46. The van der Waals surface area contributed by atoms with Gasteiger partial charge < -0.3 is 27.5 Å². The summed E-state index contributed by atoms with van der Waals surface area (Å²) in [4.78, 5) is 12.6. The van der Waals surface area contributed by atoms with Crippen LogP contribution in [-0.2, 0) is 13.3 Å². The number of rotatable bonds is 12. The fourth-order valence-electron chi connectivity index (χ4n) is 3.55. The number of phenolic OH excluding ortho intramolecular Hbond substituents is 1. The predicted octanol–water partition coefficient (Wildman–Crippen LogP) is 4.98. The minimum absolute atomic E-state index is 0.132. The van der Waals surface area contributed by atoms with Crippen LogP contribution in [0.2, 0.25) is 6.04 Å². The van der Waals surface area contributed by atoms with Crippen molar-refractivity contribution in [2.75, 3.05) is 26.4 Å². The molecule has 0 amide bonds. The van der Waals surface area contributed by atoms with E-state index >= 15 is 0 Å². The second kappa shape index (κ2) is 11.3. The van der Waals surface area contributed by atoms with Gasteiger partial charge in [0.05, 0.1) is 6.61 Å². The Kier molecular flexibility index (Phi) is 8.46. The molecule has 0 bridgehead atoms. The van der Waals surface area contributed by atoms with Gasteiger partial charge in [-0.15, -0.1) is 0 Å². The normalized spacial score (nSPS) is 11.7. The van der Waals surface area contributed by atoms with Gasteiger partial charge in [0.2, 0.25) is 0 Å². The molecule has 172 valence electrons. The Morgan fingerprint density at radius 2 is 1.59 bits per heavy atom. The maximum absolute atomic E-state index is 12.6. The van der Waals surface area contributed by atoms with Crippen LogP contribution in [0.4, 0.5) is 0 Å². The smallest absolute Gasteiger partial charge is 0.501 e. The SMILES string of the molecule is CCO[Si](CCCOc1cc(O)c2c(=O)cc(-c3ccccc3)oc2c1)(OCC)OCC. The molecule has 7 nitrogen and oxygen atoms in total. The summed E-state index contributed by atoms with van der Waals surface area (Å²) in [6.07, 6.45) is 0.652. The van der Waals surface area contributed by atoms with Crippen molar-refractivity contribution in [3.8, 4) is 22.8 Å². The van der Waals surface area contributed by atoms with Crippen LogP contribution in [0.1, 0.15) is 27.2 Å². The summed E-state index contributed by atoms with van der Waals surface area (Å²) in [5, 5.41) is 10.5. The van der Waals surface area contributed by atoms with E-state index < -0.39 is 8.80 Å². The molecule has 1 heterocycles. The molecule has 0 atom stereocenters.